The zero-order chi connectivity index (χ0) is 12.3. The minimum absolute atomic E-state index is 0.156. The Kier molecular flexibility index (Phi) is 3.64. The van der Waals surface area contributed by atoms with Crippen molar-refractivity contribution in [2.45, 2.75) is 32.9 Å². The highest BCUT2D eigenvalue weighted by Gasteiger charge is 2.18. The maximum Gasteiger partial charge on any atom is 0.108 e. The quantitative estimate of drug-likeness (QED) is 0.862. The highest BCUT2D eigenvalue weighted by Crippen LogP contribution is 2.25. The largest absolute Gasteiger partial charge is 0.469 e. The number of furan rings is 1. The number of aryl methyl sites for hydroxylation is 2. The monoisotopic (exact) mass is 233 g/mol. The lowest BCUT2D eigenvalue weighted by Gasteiger charge is -2.14. The van der Waals surface area contributed by atoms with Gasteiger partial charge in [0, 0.05) is 30.3 Å². The second kappa shape index (κ2) is 5.19. The van der Waals surface area contributed by atoms with Crippen LogP contribution < -0.4 is 5.32 Å². The molecule has 0 spiro atoms. The van der Waals surface area contributed by atoms with Gasteiger partial charge < -0.3 is 9.73 Å². The lowest BCUT2D eigenvalue weighted by atomic mass is 10.0. The van der Waals surface area contributed by atoms with Crippen molar-refractivity contribution in [3.8, 4) is 0 Å². The molecule has 4 heteroatoms. The van der Waals surface area contributed by atoms with E-state index in [0.29, 0.717) is 0 Å². The van der Waals surface area contributed by atoms with E-state index in [9.17, 15) is 0 Å². The fourth-order valence-electron chi connectivity index (χ4n) is 2.10. The van der Waals surface area contributed by atoms with Crippen LogP contribution in [0.1, 0.15) is 36.8 Å². The van der Waals surface area contributed by atoms with E-state index in [2.05, 4.69) is 30.5 Å². The van der Waals surface area contributed by atoms with Gasteiger partial charge >= 0.3 is 0 Å². The van der Waals surface area contributed by atoms with Gasteiger partial charge in [0.05, 0.1) is 18.5 Å². The second-order valence-corrected chi connectivity index (χ2v) is 4.00. The van der Waals surface area contributed by atoms with E-state index < -0.39 is 0 Å². The molecule has 2 heterocycles. The summed E-state index contributed by atoms with van der Waals surface area (Å²) in [6.45, 7) is 5.08. The molecule has 2 aromatic rings. The Bertz CT molecular complexity index is 472. The molecule has 92 valence electrons. The van der Waals surface area contributed by atoms with Crippen molar-refractivity contribution in [2.24, 2.45) is 0 Å². The van der Waals surface area contributed by atoms with E-state index in [0.717, 1.165) is 18.7 Å². The standard InChI is InChI=1S/C13H19N3O/c1-4-12-11(6-7-17-12)13(14-3)10-8-15-16(5-2)9-10/h6-9,13-14H,4-5H2,1-3H3. The van der Waals surface area contributed by atoms with Gasteiger partial charge in [-0.1, -0.05) is 6.92 Å². The number of aromatic nitrogens is 2. The number of hydrogen-bond acceptors (Lipinski definition) is 3. The molecule has 0 bridgehead atoms. The lowest BCUT2D eigenvalue weighted by Crippen LogP contribution is -2.17. The normalized spacial score (nSPS) is 12.9. The molecule has 4 nitrogen and oxygen atoms in total. The minimum Gasteiger partial charge on any atom is -0.469 e. The minimum atomic E-state index is 0.156. The molecule has 2 aromatic heterocycles. The highest BCUT2D eigenvalue weighted by molar-refractivity contribution is 5.30. The zero-order valence-corrected chi connectivity index (χ0v) is 10.6. The first-order valence-corrected chi connectivity index (χ1v) is 6.06. The molecule has 1 unspecified atom stereocenters. The summed E-state index contributed by atoms with van der Waals surface area (Å²) in [6.07, 6.45) is 6.65. The number of rotatable bonds is 5. The van der Waals surface area contributed by atoms with E-state index in [1.165, 1.54) is 11.1 Å². The van der Waals surface area contributed by atoms with Crippen LogP contribution >= 0.6 is 0 Å². The van der Waals surface area contributed by atoms with Crippen LogP contribution in [0.3, 0.4) is 0 Å². The van der Waals surface area contributed by atoms with E-state index in [1.54, 1.807) is 6.26 Å². The smallest absolute Gasteiger partial charge is 0.108 e. The average Bonchev–Trinajstić information content (AvgIpc) is 2.99. The van der Waals surface area contributed by atoms with Crippen LogP contribution in [0.15, 0.2) is 29.1 Å². The van der Waals surface area contributed by atoms with Crippen molar-refractivity contribution in [1.29, 1.82) is 0 Å². The van der Waals surface area contributed by atoms with Crippen LogP contribution in [-0.4, -0.2) is 16.8 Å². The summed E-state index contributed by atoms with van der Waals surface area (Å²) >= 11 is 0. The van der Waals surface area contributed by atoms with Crippen molar-refractivity contribution in [3.63, 3.8) is 0 Å². The predicted octanol–water partition coefficient (Wildman–Crippen LogP) is 2.37. The Hall–Kier alpha value is -1.55. The van der Waals surface area contributed by atoms with Gasteiger partial charge in [-0.2, -0.15) is 5.10 Å². The van der Waals surface area contributed by atoms with Crippen molar-refractivity contribution in [3.05, 3.63) is 41.6 Å². The second-order valence-electron chi connectivity index (χ2n) is 4.00. The molecule has 0 aliphatic rings. The maximum absolute atomic E-state index is 5.48. The molecule has 0 aromatic carbocycles. The molecular weight excluding hydrogens is 214 g/mol. The van der Waals surface area contributed by atoms with E-state index >= 15 is 0 Å². The molecule has 1 atom stereocenters. The molecule has 0 aliphatic carbocycles. The molecule has 17 heavy (non-hydrogen) atoms. The third-order valence-electron chi connectivity index (χ3n) is 3.01. The van der Waals surface area contributed by atoms with E-state index in [4.69, 9.17) is 4.42 Å². The zero-order valence-electron chi connectivity index (χ0n) is 10.6. The Labute approximate surface area is 102 Å². The molecular formula is C13H19N3O. The van der Waals surface area contributed by atoms with Crippen molar-refractivity contribution < 1.29 is 4.42 Å². The fourth-order valence-corrected chi connectivity index (χ4v) is 2.10. The molecule has 0 saturated heterocycles. The summed E-state index contributed by atoms with van der Waals surface area (Å²) in [6, 6.07) is 2.19. The molecule has 0 amide bonds. The Balaban J connectivity index is 2.33. The highest BCUT2D eigenvalue weighted by atomic mass is 16.3. The van der Waals surface area contributed by atoms with Gasteiger partial charge in [0.25, 0.3) is 0 Å². The van der Waals surface area contributed by atoms with Crippen molar-refractivity contribution in [1.82, 2.24) is 15.1 Å². The third kappa shape index (κ3) is 2.26. The predicted molar refractivity (Wildman–Crippen MR) is 66.9 cm³/mol. The number of hydrogen-bond donors (Lipinski definition) is 1. The Morgan fingerprint density at radius 1 is 1.47 bits per heavy atom. The fraction of sp³-hybridized carbons (Fsp3) is 0.462. The van der Waals surface area contributed by atoms with Crippen LogP contribution in [0.25, 0.3) is 0 Å². The summed E-state index contributed by atoms with van der Waals surface area (Å²) in [4.78, 5) is 0. The third-order valence-corrected chi connectivity index (χ3v) is 3.01. The molecule has 0 radical (unpaired) electrons. The van der Waals surface area contributed by atoms with E-state index in [-0.39, 0.29) is 6.04 Å². The van der Waals surface area contributed by atoms with Gasteiger partial charge in [-0.15, -0.1) is 0 Å². The summed E-state index contributed by atoms with van der Waals surface area (Å²) in [5.41, 5.74) is 2.37. The van der Waals surface area contributed by atoms with Crippen LogP contribution in [0.4, 0.5) is 0 Å². The van der Waals surface area contributed by atoms with Gasteiger partial charge in [0.2, 0.25) is 0 Å². The van der Waals surface area contributed by atoms with E-state index in [1.807, 2.05) is 24.0 Å². The summed E-state index contributed by atoms with van der Waals surface area (Å²) < 4.78 is 7.42. The van der Waals surface area contributed by atoms with Gasteiger partial charge in [-0.25, -0.2) is 0 Å². The van der Waals surface area contributed by atoms with Crippen LogP contribution in [0.2, 0.25) is 0 Å². The van der Waals surface area contributed by atoms with Crippen LogP contribution in [0.5, 0.6) is 0 Å². The number of nitrogens with zero attached hydrogens (tertiary/aromatic N) is 2. The topological polar surface area (TPSA) is 43.0 Å². The van der Waals surface area contributed by atoms with Crippen LogP contribution in [-0.2, 0) is 13.0 Å². The maximum atomic E-state index is 5.48. The molecule has 2 rings (SSSR count). The first kappa shape index (κ1) is 11.9. The Morgan fingerprint density at radius 3 is 2.88 bits per heavy atom. The molecule has 0 aliphatic heterocycles. The first-order valence-electron chi connectivity index (χ1n) is 6.06. The Morgan fingerprint density at radius 2 is 2.29 bits per heavy atom. The summed E-state index contributed by atoms with van der Waals surface area (Å²) in [5, 5.41) is 7.63. The lowest BCUT2D eigenvalue weighted by molar-refractivity contribution is 0.504. The molecule has 1 N–H and O–H groups in total. The van der Waals surface area contributed by atoms with Gasteiger partial charge in [-0.3, -0.25) is 4.68 Å². The SMILES string of the molecule is CCc1occc1C(NC)c1cnn(CC)c1. The van der Waals surface area contributed by atoms with Gasteiger partial charge in [0.1, 0.15) is 5.76 Å². The van der Waals surface area contributed by atoms with Gasteiger partial charge in [-0.05, 0) is 20.0 Å². The molecule has 0 saturated carbocycles. The first-order chi connectivity index (χ1) is 8.30. The van der Waals surface area contributed by atoms with Crippen LogP contribution in [0, 0.1) is 0 Å². The average molecular weight is 233 g/mol. The van der Waals surface area contributed by atoms with Crippen molar-refractivity contribution in [2.75, 3.05) is 7.05 Å². The summed E-state index contributed by atoms with van der Waals surface area (Å²) in [5.74, 6) is 1.04. The summed E-state index contributed by atoms with van der Waals surface area (Å²) in [7, 11) is 1.96. The number of nitrogens with one attached hydrogen (secondary N) is 1. The molecule has 0 fully saturated rings. The van der Waals surface area contributed by atoms with Crippen molar-refractivity contribution >= 4 is 0 Å². The van der Waals surface area contributed by atoms with Gasteiger partial charge in [0.15, 0.2) is 0 Å².